The summed E-state index contributed by atoms with van der Waals surface area (Å²) >= 11 is 1.81. The summed E-state index contributed by atoms with van der Waals surface area (Å²) in [7, 11) is 0. The van der Waals surface area contributed by atoms with Gasteiger partial charge < -0.3 is 5.73 Å². The van der Waals surface area contributed by atoms with Crippen molar-refractivity contribution < 1.29 is 0 Å². The third kappa shape index (κ3) is 2.94. The van der Waals surface area contributed by atoms with Gasteiger partial charge >= 0.3 is 0 Å². The van der Waals surface area contributed by atoms with Gasteiger partial charge in [-0.15, -0.1) is 11.3 Å². The summed E-state index contributed by atoms with van der Waals surface area (Å²) in [5.74, 6) is 0. The van der Waals surface area contributed by atoms with E-state index in [0.29, 0.717) is 6.54 Å². The molecule has 86 valence electrons. The Bertz CT molecular complexity index is 432. The molecule has 2 aromatic rings. The van der Waals surface area contributed by atoms with Gasteiger partial charge in [0.05, 0.1) is 0 Å². The molecule has 0 bridgehead atoms. The van der Waals surface area contributed by atoms with Gasteiger partial charge in [-0.2, -0.15) is 0 Å². The fourth-order valence-electron chi connectivity index (χ4n) is 1.52. The molecule has 0 saturated carbocycles. The molecule has 0 fully saturated rings. The van der Waals surface area contributed by atoms with Crippen molar-refractivity contribution in [1.29, 1.82) is 0 Å². The molecular weight excluding hydrogens is 214 g/mol. The maximum Gasteiger partial charge on any atom is 0.0348 e. The molecule has 0 atom stereocenters. The van der Waals surface area contributed by atoms with Crippen LogP contribution in [0.25, 0.3) is 10.4 Å². The highest BCUT2D eigenvalue weighted by Gasteiger charge is 2.04. The largest absolute Gasteiger partial charge is 0.326 e. The number of nitrogens with two attached hydrogens (primary N) is 1. The maximum atomic E-state index is 5.70. The minimum absolute atomic E-state index is 0.604. The lowest BCUT2D eigenvalue weighted by atomic mass is 10.1. The zero-order chi connectivity index (χ0) is 12.0. The second kappa shape index (κ2) is 6.46. The van der Waals surface area contributed by atoms with Crippen LogP contribution in [0.5, 0.6) is 0 Å². The van der Waals surface area contributed by atoms with Crippen molar-refractivity contribution in [1.82, 2.24) is 0 Å². The van der Waals surface area contributed by atoms with E-state index in [9.17, 15) is 0 Å². The molecule has 1 nitrogen and oxygen atoms in total. The molecule has 2 rings (SSSR count). The van der Waals surface area contributed by atoms with Crippen LogP contribution in [0.2, 0.25) is 0 Å². The Morgan fingerprint density at radius 2 is 1.75 bits per heavy atom. The van der Waals surface area contributed by atoms with Crippen molar-refractivity contribution >= 4 is 11.3 Å². The van der Waals surface area contributed by atoms with Crippen molar-refractivity contribution in [2.24, 2.45) is 5.73 Å². The zero-order valence-electron chi connectivity index (χ0n) is 10.2. The topological polar surface area (TPSA) is 26.0 Å². The Balaban J connectivity index is 0.000000606. The zero-order valence-corrected chi connectivity index (χ0v) is 11.0. The Kier molecular flexibility index (Phi) is 5.23. The Morgan fingerprint density at radius 1 is 1.06 bits per heavy atom. The molecule has 2 heteroatoms. The van der Waals surface area contributed by atoms with Crippen LogP contribution in [-0.4, -0.2) is 0 Å². The molecule has 0 aliphatic carbocycles. The van der Waals surface area contributed by atoms with E-state index in [0.717, 1.165) is 0 Å². The molecule has 0 spiro atoms. The Hall–Kier alpha value is -1.12. The summed E-state index contributed by atoms with van der Waals surface area (Å²) in [6.45, 7) is 6.73. The number of aryl methyl sites for hydroxylation is 1. The van der Waals surface area contributed by atoms with Gasteiger partial charge in [0.15, 0.2) is 0 Å². The monoisotopic (exact) mass is 233 g/mol. The lowest BCUT2D eigenvalue weighted by Gasteiger charge is -2.04. The standard InChI is InChI=1S/C12H13NS.C2H6/c1-9-6-7-12(14-9)11-5-3-2-4-10(11)8-13;1-2/h2-7H,8,13H2,1H3;1-2H3. The van der Waals surface area contributed by atoms with Crippen LogP contribution in [-0.2, 0) is 6.54 Å². The first-order valence-corrected chi connectivity index (χ1v) is 6.47. The van der Waals surface area contributed by atoms with Crippen LogP contribution < -0.4 is 5.73 Å². The summed E-state index contributed by atoms with van der Waals surface area (Å²) in [5, 5.41) is 0. The quantitative estimate of drug-likeness (QED) is 0.826. The fraction of sp³-hybridized carbons (Fsp3) is 0.286. The van der Waals surface area contributed by atoms with Crippen LogP contribution in [0.1, 0.15) is 24.3 Å². The Labute approximate surface area is 102 Å². The van der Waals surface area contributed by atoms with Crippen LogP contribution in [0.3, 0.4) is 0 Å². The van der Waals surface area contributed by atoms with Crippen LogP contribution in [0.15, 0.2) is 36.4 Å². The van der Waals surface area contributed by atoms with Crippen molar-refractivity contribution in [3.63, 3.8) is 0 Å². The number of hydrogen-bond acceptors (Lipinski definition) is 2. The van der Waals surface area contributed by atoms with Gasteiger partial charge in [0.25, 0.3) is 0 Å². The highest BCUT2D eigenvalue weighted by atomic mass is 32.1. The van der Waals surface area contributed by atoms with Crippen molar-refractivity contribution in [3.8, 4) is 10.4 Å². The second-order valence-corrected chi connectivity index (χ2v) is 4.56. The van der Waals surface area contributed by atoms with Gasteiger partial charge in [0.1, 0.15) is 0 Å². The third-order valence-electron chi connectivity index (χ3n) is 2.24. The van der Waals surface area contributed by atoms with E-state index >= 15 is 0 Å². The number of hydrogen-bond donors (Lipinski definition) is 1. The lowest BCUT2D eigenvalue weighted by molar-refractivity contribution is 1.07. The molecule has 1 heterocycles. The van der Waals surface area contributed by atoms with Gasteiger partial charge in [0.2, 0.25) is 0 Å². The smallest absolute Gasteiger partial charge is 0.0348 e. The van der Waals surface area contributed by atoms with E-state index in [4.69, 9.17) is 5.73 Å². The number of benzene rings is 1. The van der Waals surface area contributed by atoms with Gasteiger partial charge in [-0.05, 0) is 30.2 Å². The van der Waals surface area contributed by atoms with E-state index in [2.05, 4.69) is 37.3 Å². The molecule has 1 aromatic heterocycles. The minimum Gasteiger partial charge on any atom is -0.326 e. The predicted octanol–water partition coefficient (Wildman–Crippen LogP) is 4.21. The summed E-state index contributed by atoms with van der Waals surface area (Å²) < 4.78 is 0. The molecule has 1 aromatic carbocycles. The normalized spacial score (nSPS) is 9.50. The third-order valence-corrected chi connectivity index (χ3v) is 3.28. The van der Waals surface area contributed by atoms with E-state index in [1.54, 1.807) is 0 Å². The van der Waals surface area contributed by atoms with Crippen LogP contribution >= 0.6 is 11.3 Å². The minimum atomic E-state index is 0.604. The Morgan fingerprint density at radius 3 is 2.31 bits per heavy atom. The molecular formula is C14H19NS. The van der Waals surface area contributed by atoms with E-state index in [-0.39, 0.29) is 0 Å². The molecule has 0 radical (unpaired) electrons. The van der Waals surface area contributed by atoms with Crippen LogP contribution in [0.4, 0.5) is 0 Å². The van der Waals surface area contributed by atoms with E-state index in [1.165, 1.54) is 20.9 Å². The molecule has 2 N–H and O–H groups in total. The fourth-order valence-corrected chi connectivity index (χ4v) is 2.45. The van der Waals surface area contributed by atoms with Gasteiger partial charge in [-0.25, -0.2) is 0 Å². The average Bonchev–Trinajstić information content (AvgIpc) is 2.78. The molecule has 0 aliphatic rings. The van der Waals surface area contributed by atoms with Gasteiger partial charge in [0, 0.05) is 16.3 Å². The highest BCUT2D eigenvalue weighted by molar-refractivity contribution is 7.15. The summed E-state index contributed by atoms with van der Waals surface area (Å²) in [4.78, 5) is 2.65. The SMILES string of the molecule is CC.Cc1ccc(-c2ccccc2CN)s1. The lowest BCUT2D eigenvalue weighted by Crippen LogP contribution is -1.97. The van der Waals surface area contributed by atoms with Gasteiger partial charge in [-0.1, -0.05) is 38.1 Å². The molecule has 0 amide bonds. The van der Waals surface area contributed by atoms with Crippen LogP contribution in [0, 0.1) is 6.92 Å². The predicted molar refractivity (Wildman–Crippen MR) is 73.7 cm³/mol. The molecule has 0 saturated heterocycles. The maximum absolute atomic E-state index is 5.70. The average molecular weight is 233 g/mol. The number of rotatable bonds is 2. The van der Waals surface area contributed by atoms with Gasteiger partial charge in [-0.3, -0.25) is 0 Å². The summed E-state index contributed by atoms with van der Waals surface area (Å²) in [5.41, 5.74) is 8.19. The summed E-state index contributed by atoms with van der Waals surface area (Å²) in [6, 6.07) is 12.6. The first-order valence-electron chi connectivity index (χ1n) is 5.66. The molecule has 0 unspecified atom stereocenters. The number of thiophene rings is 1. The van der Waals surface area contributed by atoms with Crippen molar-refractivity contribution in [2.75, 3.05) is 0 Å². The first-order chi connectivity index (χ1) is 7.81. The first kappa shape index (κ1) is 12.9. The van der Waals surface area contributed by atoms with E-state index < -0.39 is 0 Å². The second-order valence-electron chi connectivity index (χ2n) is 3.27. The highest BCUT2D eigenvalue weighted by Crippen LogP contribution is 2.29. The van der Waals surface area contributed by atoms with Crippen molar-refractivity contribution in [3.05, 3.63) is 46.8 Å². The summed E-state index contributed by atoms with van der Waals surface area (Å²) in [6.07, 6.45) is 0. The van der Waals surface area contributed by atoms with E-state index in [1.807, 2.05) is 31.3 Å². The molecule has 16 heavy (non-hydrogen) atoms. The van der Waals surface area contributed by atoms with Crippen molar-refractivity contribution in [2.45, 2.75) is 27.3 Å². The molecule has 0 aliphatic heterocycles.